The second-order valence-corrected chi connectivity index (χ2v) is 9.10. The van der Waals surface area contributed by atoms with Gasteiger partial charge in [0.2, 0.25) is 5.91 Å². The molecule has 1 aliphatic carbocycles. The third kappa shape index (κ3) is 5.52. The van der Waals surface area contributed by atoms with Gasteiger partial charge < -0.3 is 20.3 Å². The number of ether oxygens (including phenoxy) is 1. The van der Waals surface area contributed by atoms with Crippen LogP contribution in [-0.2, 0) is 14.3 Å². The molecule has 35 heavy (non-hydrogen) atoms. The Bertz CT molecular complexity index is 1260. The quantitative estimate of drug-likeness (QED) is 0.567. The van der Waals surface area contributed by atoms with E-state index in [4.69, 9.17) is 4.74 Å². The average molecular weight is 473 g/mol. The van der Waals surface area contributed by atoms with Crippen LogP contribution in [0.3, 0.4) is 0 Å². The van der Waals surface area contributed by atoms with Crippen molar-refractivity contribution in [3.8, 4) is 22.4 Å². The van der Waals surface area contributed by atoms with Gasteiger partial charge in [0.05, 0.1) is 24.2 Å². The minimum atomic E-state index is -0.505. The summed E-state index contributed by atoms with van der Waals surface area (Å²) in [6.45, 7) is 3.84. The molecule has 0 radical (unpaired) electrons. The number of rotatable bonds is 6. The number of hydrogen-bond acceptors (Lipinski definition) is 7. The monoisotopic (exact) mass is 472 g/mol. The molecule has 1 saturated heterocycles. The van der Waals surface area contributed by atoms with Crippen molar-refractivity contribution in [3.63, 3.8) is 0 Å². The predicted molar refractivity (Wildman–Crippen MR) is 133 cm³/mol. The number of anilines is 2. The first-order valence-corrected chi connectivity index (χ1v) is 11.8. The molecule has 0 spiro atoms. The summed E-state index contributed by atoms with van der Waals surface area (Å²) in [4.78, 5) is 40.0. The Kier molecular flexibility index (Phi) is 6.52. The van der Waals surface area contributed by atoms with Crippen LogP contribution < -0.4 is 10.6 Å². The average Bonchev–Trinajstić information content (AvgIpc) is 3.71. The van der Waals surface area contributed by atoms with Crippen molar-refractivity contribution < 1.29 is 14.3 Å². The highest BCUT2D eigenvalue weighted by Gasteiger charge is 2.30. The fourth-order valence-corrected chi connectivity index (χ4v) is 4.06. The van der Waals surface area contributed by atoms with E-state index < -0.39 is 6.10 Å². The summed E-state index contributed by atoms with van der Waals surface area (Å²) < 4.78 is 5.62. The molecule has 2 fully saturated rings. The number of carbonyl (C=O) groups is 2. The zero-order chi connectivity index (χ0) is 24.4. The maximum absolute atomic E-state index is 12.7. The molecule has 3 aromatic rings. The van der Waals surface area contributed by atoms with Gasteiger partial charge >= 0.3 is 0 Å². The zero-order valence-electron chi connectivity index (χ0n) is 19.8. The van der Waals surface area contributed by atoms with Gasteiger partial charge in [0, 0.05) is 41.9 Å². The Morgan fingerprint density at radius 1 is 1.03 bits per heavy atom. The maximum atomic E-state index is 12.7. The van der Waals surface area contributed by atoms with Crippen LogP contribution in [0.5, 0.6) is 0 Å². The molecular formula is C26H28N6O3. The van der Waals surface area contributed by atoms with E-state index in [2.05, 4.69) is 30.5 Å². The van der Waals surface area contributed by atoms with Crippen LogP contribution in [0.1, 0.15) is 18.5 Å². The Labute approximate surface area is 204 Å². The number of nitrogens with one attached hydrogen (secondary N) is 2. The Morgan fingerprint density at radius 2 is 1.86 bits per heavy atom. The van der Waals surface area contributed by atoms with E-state index in [0.717, 1.165) is 41.8 Å². The van der Waals surface area contributed by atoms with Gasteiger partial charge in [0.1, 0.15) is 18.2 Å². The van der Waals surface area contributed by atoms with E-state index in [1.807, 2.05) is 44.3 Å². The first kappa shape index (κ1) is 23.1. The van der Waals surface area contributed by atoms with E-state index in [1.54, 1.807) is 12.3 Å². The number of aryl methyl sites for hydroxylation is 1. The van der Waals surface area contributed by atoms with Crippen molar-refractivity contribution in [1.82, 2.24) is 19.9 Å². The third-order valence-electron chi connectivity index (χ3n) is 6.25. The van der Waals surface area contributed by atoms with E-state index in [0.29, 0.717) is 30.4 Å². The minimum Gasteiger partial charge on any atom is -0.366 e. The fraction of sp³-hybridized carbons (Fsp3) is 0.346. The first-order valence-electron chi connectivity index (χ1n) is 11.8. The SMILES string of the molecule is Cc1ncc(NC(=O)C2CN(C)CCO2)cc1-c1cccc(-c2cc(NC(=O)C3CC3)ncn2)c1. The standard InChI is InChI=1S/C26H28N6O3/c1-16-21(11-20(13-27-16)30-26(34)23-14-32(2)8-9-35-23)18-4-3-5-19(10-18)22-12-24(29-15-28-22)31-25(33)17-6-7-17/h3-5,10-13,15,17,23H,6-9,14H2,1-2H3,(H,30,34)(H,28,29,31,33). The molecule has 2 N–H and O–H groups in total. The van der Waals surface area contributed by atoms with Gasteiger partial charge in [0.15, 0.2) is 0 Å². The highest BCUT2D eigenvalue weighted by Crippen LogP contribution is 2.31. The predicted octanol–water partition coefficient (Wildman–Crippen LogP) is 3.13. The normalized spacial score (nSPS) is 18.2. The molecule has 1 unspecified atom stereocenters. The van der Waals surface area contributed by atoms with Crippen molar-refractivity contribution in [2.75, 3.05) is 37.4 Å². The number of benzene rings is 1. The molecular weight excluding hydrogens is 444 g/mol. The highest BCUT2D eigenvalue weighted by atomic mass is 16.5. The summed E-state index contributed by atoms with van der Waals surface area (Å²) in [5.41, 5.74) is 4.90. The van der Waals surface area contributed by atoms with Crippen LogP contribution in [0, 0.1) is 12.8 Å². The molecule has 1 saturated carbocycles. The van der Waals surface area contributed by atoms with Gasteiger partial charge in [-0.2, -0.15) is 0 Å². The number of aromatic nitrogens is 3. The van der Waals surface area contributed by atoms with Crippen molar-refractivity contribution in [2.45, 2.75) is 25.9 Å². The number of morpholine rings is 1. The molecule has 1 aliphatic heterocycles. The van der Waals surface area contributed by atoms with Gasteiger partial charge in [-0.15, -0.1) is 0 Å². The highest BCUT2D eigenvalue weighted by molar-refractivity contribution is 5.95. The van der Waals surface area contributed by atoms with Crippen molar-refractivity contribution in [1.29, 1.82) is 0 Å². The van der Waals surface area contributed by atoms with Crippen molar-refractivity contribution in [2.24, 2.45) is 5.92 Å². The summed E-state index contributed by atoms with van der Waals surface area (Å²) in [5.74, 6) is 0.430. The molecule has 0 bridgehead atoms. The van der Waals surface area contributed by atoms with Crippen LogP contribution in [-0.4, -0.2) is 64.5 Å². The Balaban J connectivity index is 1.36. The van der Waals surface area contributed by atoms with Crippen LogP contribution in [0.2, 0.25) is 0 Å². The number of nitrogens with zero attached hydrogens (tertiary/aromatic N) is 4. The lowest BCUT2D eigenvalue weighted by molar-refractivity contribution is -0.132. The van der Waals surface area contributed by atoms with Crippen molar-refractivity contribution >= 4 is 23.3 Å². The summed E-state index contributed by atoms with van der Waals surface area (Å²) >= 11 is 0. The lowest BCUT2D eigenvalue weighted by Crippen LogP contribution is -2.46. The van der Waals surface area contributed by atoms with Crippen LogP contribution in [0.15, 0.2) is 48.9 Å². The molecule has 9 nitrogen and oxygen atoms in total. The lowest BCUT2D eigenvalue weighted by atomic mass is 10.00. The van der Waals surface area contributed by atoms with Gasteiger partial charge in [0.25, 0.3) is 5.91 Å². The molecule has 2 aromatic heterocycles. The van der Waals surface area contributed by atoms with E-state index in [-0.39, 0.29) is 17.7 Å². The summed E-state index contributed by atoms with van der Waals surface area (Å²) in [6, 6.07) is 11.6. The van der Waals surface area contributed by atoms with Gasteiger partial charge in [-0.3, -0.25) is 14.6 Å². The second-order valence-electron chi connectivity index (χ2n) is 9.10. The van der Waals surface area contributed by atoms with Crippen LogP contribution in [0.4, 0.5) is 11.5 Å². The number of likely N-dealkylation sites (N-methyl/N-ethyl adjacent to an activating group) is 1. The van der Waals surface area contributed by atoms with Gasteiger partial charge in [-0.05, 0) is 44.5 Å². The topological polar surface area (TPSA) is 109 Å². The molecule has 5 rings (SSSR count). The maximum Gasteiger partial charge on any atom is 0.254 e. The summed E-state index contributed by atoms with van der Waals surface area (Å²) in [5, 5.41) is 5.81. The molecule has 1 atom stereocenters. The smallest absolute Gasteiger partial charge is 0.254 e. The zero-order valence-corrected chi connectivity index (χ0v) is 19.8. The third-order valence-corrected chi connectivity index (χ3v) is 6.25. The number of amides is 2. The first-order chi connectivity index (χ1) is 17.0. The lowest BCUT2D eigenvalue weighted by Gasteiger charge is -2.29. The van der Waals surface area contributed by atoms with Gasteiger partial charge in [-0.25, -0.2) is 9.97 Å². The molecule has 3 heterocycles. The number of pyridine rings is 1. The molecule has 2 aliphatic rings. The van der Waals surface area contributed by atoms with Crippen molar-refractivity contribution in [3.05, 3.63) is 54.6 Å². The molecule has 2 amide bonds. The van der Waals surface area contributed by atoms with E-state index in [1.165, 1.54) is 6.33 Å². The van der Waals surface area contributed by atoms with Gasteiger partial charge in [-0.1, -0.05) is 18.2 Å². The van der Waals surface area contributed by atoms with Crippen LogP contribution >= 0.6 is 0 Å². The number of carbonyl (C=O) groups excluding carboxylic acids is 2. The Morgan fingerprint density at radius 3 is 2.66 bits per heavy atom. The molecule has 180 valence electrons. The second kappa shape index (κ2) is 9.89. The fourth-order valence-electron chi connectivity index (χ4n) is 4.06. The molecule has 1 aromatic carbocycles. The van der Waals surface area contributed by atoms with E-state index >= 15 is 0 Å². The largest absolute Gasteiger partial charge is 0.366 e. The summed E-state index contributed by atoms with van der Waals surface area (Å²) in [7, 11) is 1.98. The minimum absolute atomic E-state index is 0.00855. The van der Waals surface area contributed by atoms with Crippen LogP contribution in [0.25, 0.3) is 22.4 Å². The number of hydrogen-bond donors (Lipinski definition) is 2. The Hall–Kier alpha value is -3.69. The van der Waals surface area contributed by atoms with E-state index in [9.17, 15) is 9.59 Å². The summed E-state index contributed by atoms with van der Waals surface area (Å²) in [6.07, 6.45) is 4.48. The molecule has 9 heteroatoms.